The third-order valence-electron chi connectivity index (χ3n) is 6.46. The van der Waals surface area contributed by atoms with Crippen LogP contribution in [0.15, 0.2) is 30.5 Å². The quantitative estimate of drug-likeness (QED) is 0.552. The Balaban J connectivity index is 1.32. The summed E-state index contributed by atoms with van der Waals surface area (Å²) in [5.74, 6) is 0.371. The van der Waals surface area contributed by atoms with Crippen molar-refractivity contribution in [2.75, 3.05) is 30.4 Å². The topological polar surface area (TPSA) is 90.2 Å². The molecule has 180 valence electrons. The molecule has 5 rings (SSSR count). The first-order chi connectivity index (χ1) is 16.4. The van der Waals surface area contributed by atoms with Gasteiger partial charge in [-0.05, 0) is 38.5 Å². The first-order valence-corrected chi connectivity index (χ1v) is 11.4. The monoisotopic (exact) mass is 471 g/mol. The van der Waals surface area contributed by atoms with Crippen molar-refractivity contribution in [3.05, 3.63) is 42.1 Å². The summed E-state index contributed by atoms with van der Waals surface area (Å²) in [4.78, 5) is 6.83. The summed E-state index contributed by atoms with van der Waals surface area (Å²) >= 11 is 0. The molecule has 0 radical (unpaired) electrons. The maximum Gasteiger partial charge on any atom is 0.322 e. The Bertz CT molecular complexity index is 1140. The molecule has 1 aliphatic heterocycles. The first-order valence-electron chi connectivity index (χ1n) is 11.4. The predicted octanol–water partition coefficient (Wildman–Crippen LogP) is 4.06. The largest absolute Gasteiger partial charge is 0.480 e. The predicted molar refractivity (Wildman–Crippen MR) is 121 cm³/mol. The number of methoxy groups -OCH3 is 1. The number of hydrogen-bond donors (Lipinski definition) is 1. The van der Waals surface area contributed by atoms with Crippen LogP contribution in [0, 0.1) is 23.5 Å². The highest BCUT2D eigenvalue weighted by molar-refractivity contribution is 5.48. The van der Waals surface area contributed by atoms with Gasteiger partial charge in [-0.15, -0.1) is 10.2 Å². The summed E-state index contributed by atoms with van der Waals surface area (Å²) in [6.07, 6.45) is 3.97. The lowest BCUT2D eigenvalue weighted by Crippen LogP contribution is -2.48. The molecule has 9 nitrogen and oxygen atoms in total. The van der Waals surface area contributed by atoms with E-state index < -0.39 is 11.6 Å². The molecule has 2 atom stereocenters. The minimum Gasteiger partial charge on any atom is -0.480 e. The van der Waals surface area contributed by atoms with Gasteiger partial charge in [0.2, 0.25) is 11.8 Å². The molecular weight excluding hydrogens is 444 g/mol. The summed E-state index contributed by atoms with van der Waals surface area (Å²) in [5.41, 5.74) is 1.00. The number of halogens is 2. The molecule has 2 unspecified atom stereocenters. The molecular formula is C23H27F2N7O2. The molecule has 1 aromatic carbocycles. The van der Waals surface area contributed by atoms with Crippen LogP contribution < -0.4 is 19.7 Å². The first kappa shape index (κ1) is 22.3. The van der Waals surface area contributed by atoms with Crippen molar-refractivity contribution in [1.82, 2.24) is 25.0 Å². The smallest absolute Gasteiger partial charge is 0.322 e. The maximum atomic E-state index is 13.6. The van der Waals surface area contributed by atoms with E-state index >= 15 is 0 Å². The van der Waals surface area contributed by atoms with Gasteiger partial charge in [-0.2, -0.15) is 10.1 Å². The summed E-state index contributed by atoms with van der Waals surface area (Å²) < 4.78 is 39.7. The van der Waals surface area contributed by atoms with Crippen molar-refractivity contribution in [1.29, 1.82) is 0 Å². The summed E-state index contributed by atoms with van der Waals surface area (Å²) in [6, 6.07) is 5.29. The van der Waals surface area contributed by atoms with Gasteiger partial charge in [0.1, 0.15) is 17.4 Å². The van der Waals surface area contributed by atoms with Gasteiger partial charge in [-0.25, -0.2) is 13.5 Å². The fraction of sp³-hybridized carbons (Fsp3) is 0.478. The van der Waals surface area contributed by atoms with E-state index in [-0.39, 0.29) is 23.8 Å². The average Bonchev–Trinajstić information content (AvgIpc) is 3.29. The van der Waals surface area contributed by atoms with Crippen molar-refractivity contribution in [3.8, 4) is 17.6 Å². The lowest BCUT2D eigenvalue weighted by atomic mass is 9.92. The van der Waals surface area contributed by atoms with Crippen molar-refractivity contribution in [2.45, 2.75) is 38.8 Å². The maximum absolute atomic E-state index is 13.6. The number of anilines is 2. The highest BCUT2D eigenvalue weighted by Gasteiger charge is 2.43. The van der Waals surface area contributed by atoms with Crippen LogP contribution in [-0.4, -0.2) is 51.2 Å². The number of rotatable bonds is 7. The molecule has 3 heterocycles. The zero-order valence-electron chi connectivity index (χ0n) is 19.3. The second kappa shape index (κ2) is 9.03. The Hall–Kier alpha value is -3.50. The average molecular weight is 472 g/mol. The van der Waals surface area contributed by atoms with E-state index in [1.54, 1.807) is 18.0 Å². The molecule has 1 saturated carbocycles. The lowest BCUT2D eigenvalue weighted by Gasteiger charge is -2.39. The number of nitrogens with zero attached hydrogens (tertiary/aromatic N) is 6. The number of benzene rings is 1. The third-order valence-corrected chi connectivity index (χ3v) is 6.46. The van der Waals surface area contributed by atoms with E-state index in [2.05, 4.69) is 30.5 Å². The molecule has 34 heavy (non-hydrogen) atoms. The second-order valence-corrected chi connectivity index (χ2v) is 9.09. The van der Waals surface area contributed by atoms with E-state index in [1.165, 1.54) is 0 Å². The van der Waals surface area contributed by atoms with Crippen LogP contribution in [0.3, 0.4) is 0 Å². The zero-order valence-corrected chi connectivity index (χ0v) is 19.3. The molecule has 3 aromatic rings. The highest BCUT2D eigenvalue weighted by atomic mass is 19.1. The van der Waals surface area contributed by atoms with Crippen LogP contribution in [0.1, 0.15) is 32.7 Å². The molecule has 1 N–H and O–H groups in total. The van der Waals surface area contributed by atoms with E-state index in [0.717, 1.165) is 49.8 Å². The van der Waals surface area contributed by atoms with Crippen LogP contribution in [0.4, 0.5) is 20.4 Å². The molecule has 2 fully saturated rings. The van der Waals surface area contributed by atoms with Crippen LogP contribution >= 0.6 is 0 Å². The summed E-state index contributed by atoms with van der Waals surface area (Å²) in [7, 11) is 1.58. The van der Waals surface area contributed by atoms with Gasteiger partial charge in [0.15, 0.2) is 0 Å². The van der Waals surface area contributed by atoms with E-state index in [0.29, 0.717) is 23.7 Å². The Morgan fingerprint density at radius 3 is 2.41 bits per heavy atom. The Morgan fingerprint density at radius 2 is 1.76 bits per heavy atom. The number of nitrogens with one attached hydrogen (secondary N) is 1. The van der Waals surface area contributed by atoms with Gasteiger partial charge in [0.25, 0.3) is 0 Å². The standard InChI is InChI=1S/C23H27F2N7O2/c1-13(2)32-23(34-19-7-16(24)6-17(25)8-19)28-22(30-32)27-21-14-4-5-15(21)12-31(11-14)18-9-20(33-3)29-26-10-18/h6-10,13-15,21H,4-5,11-12H2,1-3H3,(H,27,30). The van der Waals surface area contributed by atoms with Crippen molar-refractivity contribution < 1.29 is 18.3 Å². The Kier molecular flexibility index (Phi) is 5.93. The number of hydrogen-bond acceptors (Lipinski definition) is 8. The number of fused-ring (bicyclic) bond motifs is 2. The lowest BCUT2D eigenvalue weighted by molar-refractivity contribution is 0.371. The number of ether oxygens (including phenoxy) is 2. The Morgan fingerprint density at radius 1 is 1.06 bits per heavy atom. The van der Waals surface area contributed by atoms with Gasteiger partial charge in [0.05, 0.1) is 25.0 Å². The third kappa shape index (κ3) is 4.46. The van der Waals surface area contributed by atoms with Gasteiger partial charge < -0.3 is 19.7 Å². The molecule has 1 saturated heterocycles. The highest BCUT2D eigenvalue weighted by Crippen LogP contribution is 2.40. The van der Waals surface area contributed by atoms with E-state index in [1.807, 2.05) is 19.9 Å². The van der Waals surface area contributed by atoms with Crippen LogP contribution in [0.5, 0.6) is 17.6 Å². The van der Waals surface area contributed by atoms with Crippen LogP contribution in [-0.2, 0) is 0 Å². The summed E-state index contributed by atoms with van der Waals surface area (Å²) in [6.45, 7) is 5.63. The van der Waals surface area contributed by atoms with E-state index in [9.17, 15) is 8.78 Å². The Labute approximate surface area is 196 Å². The van der Waals surface area contributed by atoms with Crippen molar-refractivity contribution >= 4 is 11.6 Å². The van der Waals surface area contributed by atoms with Gasteiger partial charge >= 0.3 is 6.01 Å². The fourth-order valence-electron chi connectivity index (χ4n) is 4.90. The molecule has 2 aliphatic rings. The normalized spacial score (nSPS) is 21.7. The minimum atomic E-state index is -0.714. The minimum absolute atomic E-state index is 0.0353. The van der Waals surface area contributed by atoms with Gasteiger partial charge in [-0.3, -0.25) is 0 Å². The second-order valence-electron chi connectivity index (χ2n) is 9.09. The van der Waals surface area contributed by atoms with E-state index in [4.69, 9.17) is 9.47 Å². The SMILES string of the molecule is COc1cc(N2CC3CCC(C2)C3Nc2nc(Oc3cc(F)cc(F)c3)n(C(C)C)n2)cnn1. The molecule has 2 bridgehead atoms. The van der Waals surface area contributed by atoms with Crippen LogP contribution in [0.2, 0.25) is 0 Å². The molecule has 11 heteroatoms. The fourth-order valence-corrected chi connectivity index (χ4v) is 4.90. The molecule has 0 amide bonds. The molecule has 2 aromatic heterocycles. The van der Waals surface area contributed by atoms with Crippen molar-refractivity contribution in [2.24, 2.45) is 11.8 Å². The van der Waals surface area contributed by atoms with Crippen molar-refractivity contribution in [3.63, 3.8) is 0 Å². The van der Waals surface area contributed by atoms with Gasteiger partial charge in [-0.1, -0.05) is 0 Å². The van der Waals surface area contributed by atoms with Gasteiger partial charge in [0, 0.05) is 43.4 Å². The molecule has 1 aliphatic carbocycles. The molecule has 0 spiro atoms. The number of piperidine rings is 1. The summed E-state index contributed by atoms with van der Waals surface area (Å²) in [5, 5.41) is 16.1. The number of aromatic nitrogens is 5. The zero-order chi connectivity index (χ0) is 23.8. The van der Waals surface area contributed by atoms with Crippen LogP contribution in [0.25, 0.3) is 0 Å².